The number of morpholine rings is 1. The van der Waals surface area contributed by atoms with Crippen LogP contribution in [0.1, 0.15) is 18.0 Å². The van der Waals surface area contributed by atoms with Crippen LogP contribution < -0.4 is 5.32 Å². The molecule has 20 heavy (non-hydrogen) atoms. The molecule has 1 heterocycles. The van der Waals surface area contributed by atoms with Gasteiger partial charge in [0.05, 0.1) is 19.3 Å². The van der Waals surface area contributed by atoms with Gasteiger partial charge in [-0.2, -0.15) is 0 Å². The molecule has 112 valence electrons. The number of ether oxygens (including phenoxy) is 1. The van der Waals surface area contributed by atoms with E-state index in [0.717, 1.165) is 31.6 Å². The van der Waals surface area contributed by atoms with E-state index in [0.29, 0.717) is 6.61 Å². The van der Waals surface area contributed by atoms with E-state index in [1.807, 2.05) is 19.2 Å². The number of hydrogen-bond acceptors (Lipinski definition) is 4. The SMILES string of the molecule is CNC(CCN1CCOC(CO)C1)c1ccc(F)cc1. The van der Waals surface area contributed by atoms with E-state index in [2.05, 4.69) is 10.2 Å². The highest BCUT2D eigenvalue weighted by molar-refractivity contribution is 5.19. The fraction of sp³-hybridized carbons (Fsp3) is 0.600. The predicted molar refractivity (Wildman–Crippen MR) is 76.1 cm³/mol. The monoisotopic (exact) mass is 282 g/mol. The van der Waals surface area contributed by atoms with Crippen LogP contribution in [-0.2, 0) is 4.74 Å². The van der Waals surface area contributed by atoms with Gasteiger partial charge in [0.2, 0.25) is 0 Å². The van der Waals surface area contributed by atoms with Gasteiger partial charge >= 0.3 is 0 Å². The van der Waals surface area contributed by atoms with Crippen LogP contribution in [0.25, 0.3) is 0 Å². The normalized spacial score (nSPS) is 21.9. The van der Waals surface area contributed by atoms with E-state index >= 15 is 0 Å². The Morgan fingerprint density at radius 1 is 1.45 bits per heavy atom. The quantitative estimate of drug-likeness (QED) is 0.822. The Bertz CT molecular complexity index is 399. The highest BCUT2D eigenvalue weighted by Crippen LogP contribution is 2.18. The van der Waals surface area contributed by atoms with Gasteiger partial charge in [-0.05, 0) is 31.2 Å². The van der Waals surface area contributed by atoms with Crippen LogP contribution >= 0.6 is 0 Å². The van der Waals surface area contributed by atoms with Gasteiger partial charge in [-0.1, -0.05) is 12.1 Å². The average molecular weight is 282 g/mol. The van der Waals surface area contributed by atoms with Crippen molar-refractivity contribution in [3.63, 3.8) is 0 Å². The first-order valence-corrected chi connectivity index (χ1v) is 7.10. The third-order valence-corrected chi connectivity index (χ3v) is 3.78. The van der Waals surface area contributed by atoms with Crippen LogP contribution in [0.3, 0.4) is 0 Å². The lowest BCUT2D eigenvalue weighted by Gasteiger charge is -2.33. The Morgan fingerprint density at radius 3 is 2.85 bits per heavy atom. The maximum Gasteiger partial charge on any atom is 0.123 e. The average Bonchev–Trinajstić information content (AvgIpc) is 2.50. The van der Waals surface area contributed by atoms with Crippen LogP contribution in [0.4, 0.5) is 4.39 Å². The second kappa shape index (κ2) is 7.69. The van der Waals surface area contributed by atoms with Gasteiger partial charge in [0, 0.05) is 25.7 Å². The molecule has 5 heteroatoms. The number of nitrogens with one attached hydrogen (secondary N) is 1. The molecule has 0 aromatic heterocycles. The van der Waals surface area contributed by atoms with Crippen molar-refractivity contribution in [3.8, 4) is 0 Å². The lowest BCUT2D eigenvalue weighted by molar-refractivity contribution is -0.0533. The molecule has 1 fully saturated rings. The molecule has 1 aliphatic rings. The molecule has 2 unspecified atom stereocenters. The third-order valence-electron chi connectivity index (χ3n) is 3.78. The Morgan fingerprint density at radius 2 is 2.20 bits per heavy atom. The van der Waals surface area contributed by atoms with Crippen LogP contribution in [0, 0.1) is 5.82 Å². The molecule has 2 rings (SSSR count). The van der Waals surface area contributed by atoms with Gasteiger partial charge in [-0.15, -0.1) is 0 Å². The summed E-state index contributed by atoms with van der Waals surface area (Å²) in [5.41, 5.74) is 1.10. The second-order valence-corrected chi connectivity index (χ2v) is 5.16. The summed E-state index contributed by atoms with van der Waals surface area (Å²) in [5, 5.41) is 12.4. The van der Waals surface area contributed by atoms with Crippen LogP contribution in [0.2, 0.25) is 0 Å². The highest BCUT2D eigenvalue weighted by atomic mass is 19.1. The standard InChI is InChI=1S/C15H23FN2O2/c1-17-15(12-2-4-13(16)5-3-12)6-7-18-8-9-20-14(10-18)11-19/h2-5,14-15,17,19H,6-11H2,1H3. The number of aliphatic hydroxyl groups is 1. The first kappa shape index (κ1) is 15.4. The summed E-state index contributed by atoms with van der Waals surface area (Å²) in [5.74, 6) is -0.206. The maximum atomic E-state index is 12.9. The number of aliphatic hydroxyl groups excluding tert-OH is 1. The fourth-order valence-corrected chi connectivity index (χ4v) is 2.58. The first-order valence-electron chi connectivity index (χ1n) is 7.10. The molecule has 0 radical (unpaired) electrons. The summed E-state index contributed by atoms with van der Waals surface area (Å²) in [6.45, 7) is 3.35. The van der Waals surface area contributed by atoms with Crippen LogP contribution in [0.5, 0.6) is 0 Å². The van der Waals surface area contributed by atoms with E-state index in [1.165, 1.54) is 12.1 Å². The molecule has 0 amide bonds. The lowest BCUT2D eigenvalue weighted by Crippen LogP contribution is -2.44. The molecule has 1 saturated heterocycles. The smallest absolute Gasteiger partial charge is 0.123 e. The van der Waals surface area contributed by atoms with Gasteiger partial charge in [0.15, 0.2) is 0 Å². The van der Waals surface area contributed by atoms with Crippen LogP contribution in [0.15, 0.2) is 24.3 Å². The van der Waals surface area contributed by atoms with Crippen molar-refractivity contribution in [3.05, 3.63) is 35.6 Å². The zero-order valence-electron chi connectivity index (χ0n) is 11.9. The molecule has 0 saturated carbocycles. The molecule has 2 N–H and O–H groups in total. The van der Waals surface area contributed by atoms with E-state index in [4.69, 9.17) is 9.84 Å². The Hall–Kier alpha value is -1.01. The van der Waals surface area contributed by atoms with Crippen molar-refractivity contribution in [2.45, 2.75) is 18.6 Å². The number of benzene rings is 1. The molecular formula is C15H23FN2O2. The predicted octanol–water partition coefficient (Wildman–Crippen LogP) is 1.17. The lowest BCUT2D eigenvalue weighted by atomic mass is 10.0. The minimum absolute atomic E-state index is 0.0670. The molecule has 4 nitrogen and oxygen atoms in total. The largest absolute Gasteiger partial charge is 0.394 e. The summed E-state index contributed by atoms with van der Waals surface area (Å²) in [7, 11) is 1.92. The summed E-state index contributed by atoms with van der Waals surface area (Å²) in [6, 6.07) is 6.86. The van der Waals surface area contributed by atoms with E-state index in [-0.39, 0.29) is 24.6 Å². The summed E-state index contributed by atoms with van der Waals surface area (Å²) >= 11 is 0. The van der Waals surface area contributed by atoms with Crippen molar-refractivity contribution >= 4 is 0 Å². The van der Waals surface area contributed by atoms with Crippen molar-refractivity contribution in [2.75, 3.05) is 39.9 Å². The van der Waals surface area contributed by atoms with Crippen molar-refractivity contribution < 1.29 is 14.2 Å². The topological polar surface area (TPSA) is 44.7 Å². The van der Waals surface area contributed by atoms with E-state index in [1.54, 1.807) is 0 Å². The summed E-state index contributed by atoms with van der Waals surface area (Å²) < 4.78 is 18.4. The molecule has 1 aromatic rings. The zero-order chi connectivity index (χ0) is 14.4. The number of hydrogen-bond donors (Lipinski definition) is 2. The zero-order valence-corrected chi connectivity index (χ0v) is 11.9. The Labute approximate surface area is 119 Å². The van der Waals surface area contributed by atoms with Gasteiger partial charge in [-0.25, -0.2) is 4.39 Å². The van der Waals surface area contributed by atoms with Crippen molar-refractivity contribution in [1.29, 1.82) is 0 Å². The molecular weight excluding hydrogens is 259 g/mol. The third kappa shape index (κ3) is 4.24. The van der Waals surface area contributed by atoms with Gasteiger partial charge < -0.3 is 15.2 Å². The van der Waals surface area contributed by atoms with Gasteiger partial charge in [0.1, 0.15) is 5.82 Å². The minimum Gasteiger partial charge on any atom is -0.394 e. The van der Waals surface area contributed by atoms with Crippen LogP contribution in [-0.4, -0.2) is 56.0 Å². The number of halogens is 1. The summed E-state index contributed by atoms with van der Waals surface area (Å²) in [4.78, 5) is 2.30. The molecule has 1 aromatic carbocycles. The van der Waals surface area contributed by atoms with Crippen molar-refractivity contribution in [2.24, 2.45) is 0 Å². The Balaban J connectivity index is 1.85. The van der Waals surface area contributed by atoms with Gasteiger partial charge in [-0.3, -0.25) is 4.90 Å². The number of nitrogens with zero attached hydrogens (tertiary/aromatic N) is 1. The van der Waals surface area contributed by atoms with E-state index in [9.17, 15) is 4.39 Å². The molecule has 1 aliphatic heterocycles. The van der Waals surface area contributed by atoms with Crippen molar-refractivity contribution in [1.82, 2.24) is 10.2 Å². The minimum atomic E-state index is -0.206. The fourth-order valence-electron chi connectivity index (χ4n) is 2.58. The summed E-state index contributed by atoms with van der Waals surface area (Å²) in [6.07, 6.45) is 0.878. The first-order chi connectivity index (χ1) is 9.72. The maximum absolute atomic E-state index is 12.9. The molecule has 0 bridgehead atoms. The van der Waals surface area contributed by atoms with E-state index < -0.39 is 0 Å². The molecule has 0 spiro atoms. The number of rotatable bonds is 6. The Kier molecular flexibility index (Phi) is 5.91. The molecule has 2 atom stereocenters. The highest BCUT2D eigenvalue weighted by Gasteiger charge is 2.20. The van der Waals surface area contributed by atoms with Gasteiger partial charge in [0.25, 0.3) is 0 Å². The second-order valence-electron chi connectivity index (χ2n) is 5.16. The molecule has 0 aliphatic carbocycles.